The summed E-state index contributed by atoms with van der Waals surface area (Å²) < 4.78 is 0. The van der Waals surface area contributed by atoms with Gasteiger partial charge in [0.05, 0.1) is 0 Å². The number of aromatic nitrogens is 1. The number of rotatable bonds is 3. The van der Waals surface area contributed by atoms with Crippen molar-refractivity contribution in [2.24, 2.45) is 5.92 Å². The van der Waals surface area contributed by atoms with Gasteiger partial charge in [-0.15, -0.1) is 0 Å². The van der Waals surface area contributed by atoms with Crippen LogP contribution in [0.2, 0.25) is 0 Å². The van der Waals surface area contributed by atoms with Gasteiger partial charge < -0.3 is 4.90 Å². The van der Waals surface area contributed by atoms with E-state index < -0.39 is 0 Å². The molecule has 0 saturated carbocycles. The minimum atomic E-state index is 0.867. The molecule has 1 aromatic heterocycles. The van der Waals surface area contributed by atoms with Gasteiger partial charge in [0.1, 0.15) is 5.82 Å². The molecule has 0 N–H and O–H groups in total. The summed E-state index contributed by atoms with van der Waals surface area (Å²) >= 11 is 0. The van der Waals surface area contributed by atoms with E-state index in [1.165, 1.54) is 42.9 Å². The molecule has 2 nitrogen and oxygen atoms in total. The van der Waals surface area contributed by atoms with E-state index in [-0.39, 0.29) is 0 Å². The van der Waals surface area contributed by atoms with Crippen LogP contribution in [0.4, 0.5) is 5.82 Å². The molecule has 2 heterocycles. The quantitative estimate of drug-likeness (QED) is 0.774. The highest BCUT2D eigenvalue weighted by atomic mass is 15.2. The van der Waals surface area contributed by atoms with E-state index in [0.717, 1.165) is 12.3 Å². The van der Waals surface area contributed by atoms with Crippen molar-refractivity contribution in [2.45, 2.75) is 40.0 Å². The Balaban J connectivity index is 2.21. The zero-order valence-corrected chi connectivity index (χ0v) is 10.7. The van der Waals surface area contributed by atoms with Crippen LogP contribution in [0.3, 0.4) is 0 Å². The standard InChI is InChI=1S/C14H22N2/c1-4-12-7-9-16(10-12)14-11(3)13(5-2)6-8-15-14/h6,8,12H,4-5,7,9-10H2,1-3H3. The lowest BCUT2D eigenvalue weighted by molar-refractivity contribution is 0.568. The van der Waals surface area contributed by atoms with Gasteiger partial charge in [-0.3, -0.25) is 0 Å². The average molecular weight is 218 g/mol. The maximum Gasteiger partial charge on any atom is 0.131 e. The maximum absolute atomic E-state index is 4.56. The van der Waals surface area contributed by atoms with Crippen molar-refractivity contribution in [3.63, 3.8) is 0 Å². The van der Waals surface area contributed by atoms with Crippen LogP contribution in [0.15, 0.2) is 12.3 Å². The smallest absolute Gasteiger partial charge is 0.131 e. The Morgan fingerprint density at radius 1 is 1.44 bits per heavy atom. The van der Waals surface area contributed by atoms with Crippen molar-refractivity contribution < 1.29 is 0 Å². The van der Waals surface area contributed by atoms with E-state index in [1.54, 1.807) is 0 Å². The molecule has 16 heavy (non-hydrogen) atoms. The number of anilines is 1. The first-order valence-electron chi connectivity index (χ1n) is 6.45. The van der Waals surface area contributed by atoms with Crippen LogP contribution >= 0.6 is 0 Å². The fourth-order valence-corrected chi connectivity index (χ4v) is 2.62. The Kier molecular flexibility index (Phi) is 3.47. The normalized spacial score (nSPS) is 20.4. The Labute approximate surface area is 98.7 Å². The second-order valence-corrected chi connectivity index (χ2v) is 4.78. The molecule has 0 spiro atoms. The van der Waals surface area contributed by atoms with E-state index >= 15 is 0 Å². The topological polar surface area (TPSA) is 16.1 Å². The Bertz CT molecular complexity index is 360. The zero-order chi connectivity index (χ0) is 11.5. The van der Waals surface area contributed by atoms with Crippen LogP contribution in [-0.2, 0) is 6.42 Å². The van der Waals surface area contributed by atoms with Crippen molar-refractivity contribution in [3.05, 3.63) is 23.4 Å². The number of aryl methyl sites for hydroxylation is 1. The lowest BCUT2D eigenvalue weighted by Gasteiger charge is -2.20. The van der Waals surface area contributed by atoms with Gasteiger partial charge in [-0.1, -0.05) is 20.3 Å². The summed E-state index contributed by atoms with van der Waals surface area (Å²) in [5.74, 6) is 2.08. The minimum Gasteiger partial charge on any atom is -0.356 e. The summed E-state index contributed by atoms with van der Waals surface area (Å²) in [4.78, 5) is 7.02. The minimum absolute atomic E-state index is 0.867. The third kappa shape index (κ3) is 2.06. The van der Waals surface area contributed by atoms with Gasteiger partial charge >= 0.3 is 0 Å². The zero-order valence-electron chi connectivity index (χ0n) is 10.7. The molecule has 1 aliphatic heterocycles. The van der Waals surface area contributed by atoms with Gasteiger partial charge in [0.25, 0.3) is 0 Å². The molecule has 0 bridgehead atoms. The van der Waals surface area contributed by atoms with Gasteiger partial charge in [-0.2, -0.15) is 0 Å². The van der Waals surface area contributed by atoms with Gasteiger partial charge in [0, 0.05) is 19.3 Å². The van der Waals surface area contributed by atoms with Crippen LogP contribution in [0.5, 0.6) is 0 Å². The van der Waals surface area contributed by atoms with E-state index in [2.05, 4.69) is 36.7 Å². The summed E-state index contributed by atoms with van der Waals surface area (Å²) in [5, 5.41) is 0. The molecule has 1 saturated heterocycles. The summed E-state index contributed by atoms with van der Waals surface area (Å²) in [5.41, 5.74) is 2.81. The molecule has 0 radical (unpaired) electrons. The molecule has 88 valence electrons. The van der Waals surface area contributed by atoms with Crippen LogP contribution in [0.1, 0.15) is 37.8 Å². The fourth-order valence-electron chi connectivity index (χ4n) is 2.62. The molecular weight excluding hydrogens is 196 g/mol. The highest BCUT2D eigenvalue weighted by Crippen LogP contribution is 2.27. The van der Waals surface area contributed by atoms with Crippen molar-refractivity contribution in [1.29, 1.82) is 0 Å². The van der Waals surface area contributed by atoms with Crippen molar-refractivity contribution in [2.75, 3.05) is 18.0 Å². The Morgan fingerprint density at radius 3 is 2.88 bits per heavy atom. The Hall–Kier alpha value is -1.05. The Morgan fingerprint density at radius 2 is 2.25 bits per heavy atom. The van der Waals surface area contributed by atoms with Crippen LogP contribution in [0.25, 0.3) is 0 Å². The van der Waals surface area contributed by atoms with E-state index in [0.29, 0.717) is 0 Å². The number of hydrogen-bond acceptors (Lipinski definition) is 2. The van der Waals surface area contributed by atoms with Crippen LogP contribution in [-0.4, -0.2) is 18.1 Å². The highest BCUT2D eigenvalue weighted by Gasteiger charge is 2.23. The van der Waals surface area contributed by atoms with Crippen molar-refractivity contribution >= 4 is 5.82 Å². The SMILES string of the molecule is CCc1ccnc(N2CCC(CC)C2)c1C. The fraction of sp³-hybridized carbons (Fsp3) is 0.643. The van der Waals surface area contributed by atoms with Crippen molar-refractivity contribution in [3.8, 4) is 0 Å². The van der Waals surface area contributed by atoms with Gasteiger partial charge in [0.15, 0.2) is 0 Å². The van der Waals surface area contributed by atoms with Crippen LogP contribution in [0, 0.1) is 12.8 Å². The summed E-state index contributed by atoms with van der Waals surface area (Å²) in [7, 11) is 0. The number of nitrogens with zero attached hydrogens (tertiary/aromatic N) is 2. The van der Waals surface area contributed by atoms with Gasteiger partial charge in [0.2, 0.25) is 0 Å². The predicted molar refractivity (Wildman–Crippen MR) is 69.0 cm³/mol. The molecule has 0 aromatic carbocycles. The monoisotopic (exact) mass is 218 g/mol. The molecule has 2 rings (SSSR count). The largest absolute Gasteiger partial charge is 0.356 e. The molecule has 1 atom stereocenters. The first-order chi connectivity index (χ1) is 7.76. The molecule has 0 aliphatic carbocycles. The van der Waals surface area contributed by atoms with Gasteiger partial charge in [-0.05, 0) is 42.9 Å². The molecule has 1 unspecified atom stereocenters. The molecular formula is C14H22N2. The third-order valence-electron chi connectivity index (χ3n) is 3.83. The molecule has 1 aliphatic rings. The van der Waals surface area contributed by atoms with E-state index in [1.807, 2.05) is 6.20 Å². The highest BCUT2D eigenvalue weighted by molar-refractivity contribution is 5.50. The summed E-state index contributed by atoms with van der Waals surface area (Å²) in [6, 6.07) is 2.15. The average Bonchev–Trinajstić information content (AvgIpc) is 2.78. The van der Waals surface area contributed by atoms with E-state index in [4.69, 9.17) is 0 Å². The molecule has 0 amide bonds. The van der Waals surface area contributed by atoms with E-state index in [9.17, 15) is 0 Å². The van der Waals surface area contributed by atoms with Crippen LogP contribution < -0.4 is 4.90 Å². The lowest BCUT2D eigenvalue weighted by atomic mass is 10.1. The lowest BCUT2D eigenvalue weighted by Crippen LogP contribution is -2.22. The first kappa shape index (κ1) is 11.4. The number of pyridine rings is 1. The first-order valence-corrected chi connectivity index (χ1v) is 6.45. The summed E-state index contributed by atoms with van der Waals surface area (Å²) in [6.45, 7) is 9.08. The second kappa shape index (κ2) is 4.86. The number of hydrogen-bond donors (Lipinski definition) is 0. The predicted octanol–water partition coefficient (Wildman–Crippen LogP) is 3.19. The molecule has 1 aromatic rings. The molecule has 1 fully saturated rings. The third-order valence-corrected chi connectivity index (χ3v) is 3.83. The maximum atomic E-state index is 4.56. The van der Waals surface area contributed by atoms with Crippen molar-refractivity contribution in [1.82, 2.24) is 4.98 Å². The summed E-state index contributed by atoms with van der Waals surface area (Å²) in [6.07, 6.45) is 5.68. The van der Waals surface area contributed by atoms with Gasteiger partial charge in [-0.25, -0.2) is 4.98 Å². The molecule has 2 heteroatoms. The second-order valence-electron chi connectivity index (χ2n) is 4.78.